The second-order valence-corrected chi connectivity index (χ2v) is 29.0. The maximum absolute atomic E-state index is 5.22. The molecule has 0 N–H and O–H groups in total. The number of hydrogen-bond donors (Lipinski definition) is 0. The molecule has 552 valence electrons. The van der Waals surface area contributed by atoms with Crippen molar-refractivity contribution in [3.8, 4) is 135 Å². The summed E-state index contributed by atoms with van der Waals surface area (Å²) in [7, 11) is 0. The van der Waals surface area contributed by atoms with Gasteiger partial charge in [0.2, 0.25) is 0 Å². The van der Waals surface area contributed by atoms with Gasteiger partial charge in [0.1, 0.15) is 0 Å². The van der Waals surface area contributed by atoms with Crippen LogP contribution in [0.5, 0.6) is 0 Å². The van der Waals surface area contributed by atoms with E-state index >= 15 is 0 Å². The zero-order chi connectivity index (χ0) is 78.5. The van der Waals surface area contributed by atoms with Crippen molar-refractivity contribution < 1.29 is 0 Å². The fraction of sp³-hybridized carbons (Fsp3) is 0. The minimum Gasteiger partial charge on any atom is -0.256 e. The van der Waals surface area contributed by atoms with Crippen LogP contribution >= 0.6 is 0 Å². The Labute approximate surface area is 681 Å². The number of benzene rings is 13. The van der Waals surface area contributed by atoms with E-state index in [1.807, 2.05) is 116 Å². The maximum atomic E-state index is 5.22. The summed E-state index contributed by atoms with van der Waals surface area (Å²) in [6, 6.07) is 136. The van der Waals surface area contributed by atoms with Gasteiger partial charge in [-0.1, -0.05) is 315 Å². The Kier molecular flexibility index (Phi) is 19.2. The van der Waals surface area contributed by atoms with E-state index < -0.39 is 0 Å². The Bertz CT molecular complexity index is 7430. The Balaban J connectivity index is 0.000000114. The van der Waals surface area contributed by atoms with Crippen LogP contribution < -0.4 is 0 Å². The Morgan fingerprint density at radius 3 is 0.890 bits per heavy atom. The van der Waals surface area contributed by atoms with Gasteiger partial charge in [-0.25, -0.2) is 24.9 Å². The third-order valence-electron chi connectivity index (χ3n) is 21.7. The second kappa shape index (κ2) is 31.9. The summed E-state index contributed by atoms with van der Waals surface area (Å²) in [4.78, 5) is 48.0. The van der Waals surface area contributed by atoms with Gasteiger partial charge in [-0.05, 0) is 106 Å². The van der Waals surface area contributed by atoms with Crippen LogP contribution in [0.1, 0.15) is 0 Å². The average molecular weight is 1510 g/mol. The number of para-hydroxylation sites is 5. The molecule has 0 bridgehead atoms. The highest BCUT2D eigenvalue weighted by Crippen LogP contribution is 2.40. The summed E-state index contributed by atoms with van der Waals surface area (Å²) in [5, 5.41) is 10.3. The van der Waals surface area contributed by atoms with Gasteiger partial charge in [0, 0.05) is 124 Å². The average Bonchev–Trinajstić information content (AvgIpc) is 0.778. The molecule has 22 aromatic rings. The molecular weight excluding hydrogens is 1440 g/mol. The molecule has 0 radical (unpaired) electrons. The van der Waals surface area contributed by atoms with Crippen LogP contribution in [0.15, 0.2) is 425 Å². The molecule has 0 aliphatic heterocycles. The van der Waals surface area contributed by atoms with Gasteiger partial charge in [-0.15, -0.1) is 0 Å². The summed E-state index contributed by atoms with van der Waals surface area (Å²) in [5.74, 6) is 0. The summed E-state index contributed by atoms with van der Waals surface area (Å²) in [5.41, 5.74) is 29.6. The first-order valence-electron chi connectivity index (χ1n) is 39.4. The van der Waals surface area contributed by atoms with Crippen molar-refractivity contribution in [3.63, 3.8) is 0 Å². The monoisotopic (exact) mass is 1510 g/mol. The van der Waals surface area contributed by atoms with Crippen LogP contribution in [-0.4, -0.2) is 49.8 Å². The first kappa shape index (κ1) is 71.0. The highest BCUT2D eigenvalue weighted by molar-refractivity contribution is 6.02. The molecule has 118 heavy (non-hydrogen) atoms. The maximum Gasteiger partial charge on any atom is 0.0894 e. The van der Waals surface area contributed by atoms with Crippen molar-refractivity contribution in [1.29, 1.82) is 0 Å². The SMILES string of the molecule is c1ccc(-c2ccc(-c3cc4ccccc4c(-c4ccc(-c5ccccn5)cc4)n3)cc2)nc1.c1ccc2c(-c3ccc(-c4cccc5cccnc45)cc3)nc(-c3ccc(-c4cccc5cccnc45)cc3)cc2c1.c1ccc2nc(-c3ccc(-c4cc5ccccc5c(-c5ccc(-c6cnc7ccccc7n6)cc5)n4)cc3)ccc2c1. The van der Waals surface area contributed by atoms with Crippen LogP contribution in [0.25, 0.3) is 211 Å². The highest BCUT2D eigenvalue weighted by atomic mass is 14.8. The quantitative estimate of drug-likeness (QED) is 0.117. The van der Waals surface area contributed by atoms with Gasteiger partial charge in [0.15, 0.2) is 0 Å². The fourth-order valence-corrected chi connectivity index (χ4v) is 15.6. The molecular formula is C108H70N10. The predicted molar refractivity (Wildman–Crippen MR) is 485 cm³/mol. The Morgan fingerprint density at radius 2 is 0.466 bits per heavy atom. The summed E-state index contributed by atoms with van der Waals surface area (Å²) in [6.45, 7) is 0. The third-order valence-corrected chi connectivity index (χ3v) is 21.7. The normalized spacial score (nSPS) is 11.2. The molecule has 0 unspecified atom stereocenters. The zero-order valence-corrected chi connectivity index (χ0v) is 63.9. The number of rotatable bonds is 12. The van der Waals surface area contributed by atoms with Crippen molar-refractivity contribution >= 4 is 76.1 Å². The largest absolute Gasteiger partial charge is 0.256 e. The van der Waals surface area contributed by atoms with Crippen LogP contribution in [0.4, 0.5) is 0 Å². The minimum absolute atomic E-state index is 0.854. The van der Waals surface area contributed by atoms with Crippen LogP contribution in [0, 0.1) is 0 Å². The van der Waals surface area contributed by atoms with Gasteiger partial charge in [-0.3, -0.25) is 24.9 Å². The van der Waals surface area contributed by atoms with Crippen molar-refractivity contribution in [2.24, 2.45) is 0 Å². The molecule has 0 amide bonds. The van der Waals surface area contributed by atoms with Gasteiger partial charge in [0.25, 0.3) is 0 Å². The summed E-state index contributed by atoms with van der Waals surface area (Å²) in [6.07, 6.45) is 9.18. The smallest absolute Gasteiger partial charge is 0.0894 e. The lowest BCUT2D eigenvalue weighted by Gasteiger charge is -2.12. The van der Waals surface area contributed by atoms with Gasteiger partial charge in [0.05, 0.1) is 90.7 Å². The van der Waals surface area contributed by atoms with E-state index in [0.717, 1.165) is 200 Å². The Morgan fingerprint density at radius 1 is 0.153 bits per heavy atom. The molecule has 13 aromatic carbocycles. The standard InChI is InChI=1S/C39H25N3.C38H24N4.C31H21N3/c1-2-12-35-32(7-1)25-36(28-19-15-26(16-20-28)33-13-3-8-29-10-5-23-40-37(29)33)42-39(35)31-21-17-27(18-22-31)34-14-4-9-30-11-6-24-41-38(30)34;1-3-9-31-30(8-1)23-36(27-15-13-26(14-16-27)33-22-21-25-7-2-4-10-32(25)40-33)42-38(31)29-19-17-28(18-20-29)37-24-39-34-11-5-6-12-35(34)41-37;1-2-8-27-26(7-1)21-30(24-13-11-22(12-14-24)28-9-3-5-19-32-28)34-31(27)25-17-15-23(16-18-25)29-10-4-6-20-33-29/h1-25H;1-24H;1-21H. The molecule has 22 rings (SSSR count). The summed E-state index contributed by atoms with van der Waals surface area (Å²) >= 11 is 0. The molecule has 0 fully saturated rings. The number of pyridine rings is 8. The number of aromatic nitrogens is 10. The van der Waals surface area contributed by atoms with E-state index in [2.05, 4.69) is 334 Å². The van der Waals surface area contributed by atoms with E-state index in [0.29, 0.717) is 0 Å². The molecule has 10 heteroatoms. The molecule has 9 heterocycles. The lowest BCUT2D eigenvalue weighted by Crippen LogP contribution is -1.92. The molecule has 0 spiro atoms. The topological polar surface area (TPSA) is 129 Å². The zero-order valence-electron chi connectivity index (χ0n) is 63.9. The molecule has 9 aromatic heterocycles. The van der Waals surface area contributed by atoms with Crippen LogP contribution in [0.3, 0.4) is 0 Å². The van der Waals surface area contributed by atoms with E-state index in [9.17, 15) is 0 Å². The highest BCUT2D eigenvalue weighted by Gasteiger charge is 2.18. The second-order valence-electron chi connectivity index (χ2n) is 29.0. The van der Waals surface area contributed by atoms with Gasteiger partial charge < -0.3 is 0 Å². The number of fused-ring (bicyclic) bond motifs is 7. The number of nitrogens with zero attached hydrogens (tertiary/aromatic N) is 10. The lowest BCUT2D eigenvalue weighted by molar-refractivity contribution is 1.29. The van der Waals surface area contributed by atoms with Crippen LogP contribution in [0.2, 0.25) is 0 Å². The molecule has 0 atom stereocenters. The van der Waals surface area contributed by atoms with E-state index in [1.54, 1.807) is 0 Å². The third kappa shape index (κ3) is 14.6. The lowest BCUT2D eigenvalue weighted by atomic mass is 9.97. The van der Waals surface area contributed by atoms with Crippen molar-refractivity contribution in [1.82, 2.24) is 49.8 Å². The molecule has 0 aliphatic rings. The molecule has 10 nitrogen and oxygen atoms in total. The predicted octanol–water partition coefficient (Wildman–Crippen LogP) is 27.1. The summed E-state index contributed by atoms with van der Waals surface area (Å²) < 4.78 is 0. The first-order valence-corrected chi connectivity index (χ1v) is 39.4. The number of hydrogen-bond acceptors (Lipinski definition) is 10. The van der Waals surface area contributed by atoms with Crippen LogP contribution in [-0.2, 0) is 0 Å². The van der Waals surface area contributed by atoms with E-state index in [1.165, 1.54) is 10.8 Å². The van der Waals surface area contributed by atoms with Gasteiger partial charge in [-0.2, -0.15) is 0 Å². The minimum atomic E-state index is 0.854. The molecule has 0 saturated heterocycles. The molecule has 0 aliphatic carbocycles. The fourth-order valence-electron chi connectivity index (χ4n) is 15.6. The Hall–Kier alpha value is -16.0. The van der Waals surface area contributed by atoms with E-state index in [4.69, 9.17) is 24.9 Å². The van der Waals surface area contributed by atoms with Gasteiger partial charge >= 0.3 is 0 Å². The molecule has 0 saturated carbocycles. The van der Waals surface area contributed by atoms with Crippen molar-refractivity contribution in [3.05, 3.63) is 425 Å². The first-order chi connectivity index (χ1) is 58.4. The van der Waals surface area contributed by atoms with E-state index in [-0.39, 0.29) is 0 Å². The van der Waals surface area contributed by atoms with Crippen molar-refractivity contribution in [2.75, 3.05) is 0 Å². The van der Waals surface area contributed by atoms with Crippen molar-refractivity contribution in [2.45, 2.75) is 0 Å².